The molecular formula is C22H28N2O4. The number of nitrogens with zero attached hydrogens (tertiary/aromatic N) is 2. The Labute approximate surface area is 165 Å². The van der Waals surface area contributed by atoms with E-state index in [2.05, 4.69) is 9.80 Å². The molecule has 6 nitrogen and oxygen atoms in total. The molecule has 28 heavy (non-hydrogen) atoms. The first-order valence-corrected chi connectivity index (χ1v) is 9.94. The summed E-state index contributed by atoms with van der Waals surface area (Å²) >= 11 is 0. The van der Waals surface area contributed by atoms with Gasteiger partial charge in [0.1, 0.15) is 11.5 Å². The molecule has 0 unspecified atom stereocenters. The lowest BCUT2D eigenvalue weighted by Crippen LogP contribution is -2.35. The number of morpholine rings is 2. The Hall–Kier alpha value is -2.12. The Morgan fingerprint density at radius 1 is 0.643 bits per heavy atom. The monoisotopic (exact) mass is 384 g/mol. The summed E-state index contributed by atoms with van der Waals surface area (Å²) in [6, 6.07) is 11.5. The number of phenols is 2. The average molecular weight is 384 g/mol. The van der Waals surface area contributed by atoms with Crippen LogP contribution in [0, 0.1) is 0 Å². The quantitative estimate of drug-likeness (QED) is 0.826. The van der Waals surface area contributed by atoms with Crippen molar-refractivity contribution in [3.05, 3.63) is 47.5 Å². The molecule has 0 bridgehead atoms. The molecule has 2 fully saturated rings. The van der Waals surface area contributed by atoms with Crippen molar-refractivity contribution in [2.45, 2.75) is 13.1 Å². The predicted octanol–water partition coefficient (Wildman–Crippen LogP) is 2.43. The van der Waals surface area contributed by atoms with Gasteiger partial charge >= 0.3 is 0 Å². The van der Waals surface area contributed by atoms with Crippen LogP contribution in [0.2, 0.25) is 0 Å². The van der Waals surface area contributed by atoms with E-state index >= 15 is 0 Å². The van der Waals surface area contributed by atoms with Crippen molar-refractivity contribution in [1.82, 2.24) is 9.80 Å². The Balaban J connectivity index is 1.58. The van der Waals surface area contributed by atoms with Gasteiger partial charge in [-0.3, -0.25) is 9.80 Å². The fourth-order valence-corrected chi connectivity index (χ4v) is 3.87. The molecule has 0 amide bonds. The third-order valence-corrected chi connectivity index (χ3v) is 5.52. The van der Waals surface area contributed by atoms with E-state index in [1.807, 2.05) is 36.4 Å². The molecule has 0 spiro atoms. The molecule has 2 aliphatic rings. The van der Waals surface area contributed by atoms with Crippen molar-refractivity contribution in [1.29, 1.82) is 0 Å². The smallest absolute Gasteiger partial charge is 0.128 e. The van der Waals surface area contributed by atoms with Gasteiger partial charge < -0.3 is 19.7 Å². The van der Waals surface area contributed by atoms with Crippen LogP contribution in [0.1, 0.15) is 11.1 Å². The maximum atomic E-state index is 10.9. The van der Waals surface area contributed by atoms with Crippen LogP contribution in [0.4, 0.5) is 0 Å². The van der Waals surface area contributed by atoms with Crippen molar-refractivity contribution in [3.8, 4) is 22.6 Å². The van der Waals surface area contributed by atoms with E-state index in [0.717, 1.165) is 63.7 Å². The molecular weight excluding hydrogens is 356 g/mol. The highest BCUT2D eigenvalue weighted by atomic mass is 16.5. The number of aromatic hydroxyl groups is 2. The molecule has 0 saturated carbocycles. The summed E-state index contributed by atoms with van der Waals surface area (Å²) in [6.07, 6.45) is 0. The maximum Gasteiger partial charge on any atom is 0.128 e. The molecule has 0 radical (unpaired) electrons. The second-order valence-corrected chi connectivity index (χ2v) is 7.40. The van der Waals surface area contributed by atoms with Gasteiger partial charge in [-0.2, -0.15) is 0 Å². The fraction of sp³-hybridized carbons (Fsp3) is 0.455. The zero-order valence-corrected chi connectivity index (χ0v) is 16.1. The zero-order valence-electron chi connectivity index (χ0n) is 16.1. The Bertz CT molecular complexity index is 732. The van der Waals surface area contributed by atoms with Crippen LogP contribution >= 0.6 is 0 Å². The molecule has 0 aliphatic carbocycles. The number of para-hydroxylation sites is 2. The summed E-state index contributed by atoms with van der Waals surface area (Å²) in [5, 5.41) is 21.8. The molecule has 2 N–H and O–H groups in total. The van der Waals surface area contributed by atoms with E-state index < -0.39 is 0 Å². The molecule has 2 saturated heterocycles. The SMILES string of the molecule is Oc1c(CN2CCOCC2)cccc1-c1cccc(CN2CCOCC2)c1O. The van der Waals surface area contributed by atoms with E-state index in [-0.39, 0.29) is 11.5 Å². The van der Waals surface area contributed by atoms with E-state index in [4.69, 9.17) is 9.47 Å². The number of rotatable bonds is 5. The lowest BCUT2D eigenvalue weighted by molar-refractivity contribution is 0.0338. The minimum absolute atomic E-state index is 0.243. The van der Waals surface area contributed by atoms with Crippen LogP contribution in [0.5, 0.6) is 11.5 Å². The normalized spacial score (nSPS) is 19.0. The van der Waals surface area contributed by atoms with E-state index in [1.165, 1.54) is 0 Å². The number of hydrogen-bond acceptors (Lipinski definition) is 6. The topological polar surface area (TPSA) is 65.4 Å². The third kappa shape index (κ3) is 4.31. The van der Waals surface area contributed by atoms with Crippen LogP contribution in [0.3, 0.4) is 0 Å². The predicted molar refractivity (Wildman–Crippen MR) is 107 cm³/mol. The maximum absolute atomic E-state index is 10.9. The summed E-state index contributed by atoms with van der Waals surface area (Å²) in [4.78, 5) is 4.55. The Kier molecular flexibility index (Phi) is 6.12. The third-order valence-electron chi connectivity index (χ3n) is 5.52. The van der Waals surface area contributed by atoms with Gasteiger partial charge in [0.2, 0.25) is 0 Å². The lowest BCUT2D eigenvalue weighted by Gasteiger charge is -2.27. The second-order valence-electron chi connectivity index (χ2n) is 7.40. The van der Waals surface area contributed by atoms with Gasteiger partial charge in [-0.05, 0) is 0 Å². The lowest BCUT2D eigenvalue weighted by atomic mass is 9.97. The van der Waals surface area contributed by atoms with Crippen LogP contribution < -0.4 is 0 Å². The molecule has 2 aromatic carbocycles. The number of hydrogen-bond donors (Lipinski definition) is 2. The van der Waals surface area contributed by atoms with Crippen LogP contribution in [0.25, 0.3) is 11.1 Å². The van der Waals surface area contributed by atoms with Crippen molar-refractivity contribution < 1.29 is 19.7 Å². The minimum Gasteiger partial charge on any atom is -0.507 e. The number of ether oxygens (including phenoxy) is 2. The molecule has 2 aliphatic heterocycles. The first-order chi connectivity index (χ1) is 13.7. The molecule has 2 heterocycles. The molecule has 0 aromatic heterocycles. The molecule has 150 valence electrons. The van der Waals surface area contributed by atoms with Crippen molar-refractivity contribution in [3.63, 3.8) is 0 Å². The zero-order chi connectivity index (χ0) is 19.3. The summed E-state index contributed by atoms with van der Waals surface area (Å²) in [5.74, 6) is 0.487. The van der Waals surface area contributed by atoms with E-state index in [1.54, 1.807) is 0 Å². The fourth-order valence-electron chi connectivity index (χ4n) is 3.87. The van der Waals surface area contributed by atoms with Crippen molar-refractivity contribution in [2.75, 3.05) is 52.6 Å². The molecule has 4 rings (SSSR count). The average Bonchev–Trinajstić information content (AvgIpc) is 2.73. The van der Waals surface area contributed by atoms with E-state index in [9.17, 15) is 10.2 Å². The summed E-state index contributed by atoms with van der Waals surface area (Å²) < 4.78 is 10.8. The van der Waals surface area contributed by atoms with Crippen LogP contribution in [-0.2, 0) is 22.6 Å². The highest BCUT2D eigenvalue weighted by molar-refractivity contribution is 5.77. The first kappa shape index (κ1) is 19.2. The number of phenolic OH excluding ortho intramolecular Hbond substituents is 2. The van der Waals surface area contributed by atoms with Gasteiger partial charge in [0, 0.05) is 61.5 Å². The highest BCUT2D eigenvalue weighted by Gasteiger charge is 2.19. The van der Waals surface area contributed by atoms with Gasteiger partial charge in [-0.1, -0.05) is 36.4 Å². The van der Waals surface area contributed by atoms with Gasteiger partial charge in [0.05, 0.1) is 26.4 Å². The first-order valence-electron chi connectivity index (χ1n) is 9.94. The second kappa shape index (κ2) is 8.92. The summed E-state index contributed by atoms with van der Waals surface area (Å²) in [5.41, 5.74) is 3.09. The van der Waals surface area contributed by atoms with Gasteiger partial charge in [-0.25, -0.2) is 0 Å². The Morgan fingerprint density at radius 3 is 1.43 bits per heavy atom. The van der Waals surface area contributed by atoms with Gasteiger partial charge in [0.15, 0.2) is 0 Å². The Morgan fingerprint density at radius 2 is 1.04 bits per heavy atom. The number of benzene rings is 2. The molecule has 0 atom stereocenters. The largest absolute Gasteiger partial charge is 0.507 e. The minimum atomic E-state index is 0.243. The highest BCUT2D eigenvalue weighted by Crippen LogP contribution is 2.39. The van der Waals surface area contributed by atoms with Crippen LogP contribution in [0.15, 0.2) is 36.4 Å². The van der Waals surface area contributed by atoms with E-state index in [0.29, 0.717) is 24.2 Å². The summed E-state index contributed by atoms with van der Waals surface area (Å²) in [7, 11) is 0. The van der Waals surface area contributed by atoms with Crippen molar-refractivity contribution in [2.24, 2.45) is 0 Å². The van der Waals surface area contributed by atoms with Gasteiger partial charge in [-0.15, -0.1) is 0 Å². The summed E-state index contributed by atoms with van der Waals surface area (Å²) in [6.45, 7) is 7.72. The van der Waals surface area contributed by atoms with Crippen LogP contribution in [-0.4, -0.2) is 72.6 Å². The molecule has 6 heteroatoms. The van der Waals surface area contributed by atoms with Gasteiger partial charge in [0.25, 0.3) is 0 Å². The van der Waals surface area contributed by atoms with Crippen molar-refractivity contribution >= 4 is 0 Å². The molecule has 2 aromatic rings. The standard InChI is InChI=1S/C22H28N2O4/c25-21-17(15-23-7-11-27-12-8-23)3-1-5-19(21)20-6-2-4-18(22(20)26)16-24-9-13-28-14-10-24/h1-6,25-26H,7-16H2.